The lowest BCUT2D eigenvalue weighted by atomic mass is 10.1. The van der Waals surface area contributed by atoms with Gasteiger partial charge in [-0.1, -0.05) is 60.8 Å². The number of Topliss-reactive ketones (excluding diaryl/α,β-unsaturated/α-hetero) is 1. The first-order valence-corrected chi connectivity index (χ1v) is 13.6. The molecule has 0 saturated heterocycles. The van der Waals surface area contributed by atoms with Crippen LogP contribution in [0, 0.1) is 11.8 Å². The molecule has 0 atom stereocenters. The topological polar surface area (TPSA) is 114 Å². The normalized spacial score (nSPS) is 10.5. The Morgan fingerprint density at radius 1 is 0.600 bits per heavy atom. The molecule has 0 spiro atoms. The van der Waals surface area contributed by atoms with Crippen molar-refractivity contribution >= 4 is 23.5 Å². The Hall–Kier alpha value is -1.96. The van der Waals surface area contributed by atoms with E-state index in [1.54, 1.807) is 0 Å². The van der Waals surface area contributed by atoms with Crippen molar-refractivity contribution in [2.45, 2.75) is 106 Å². The van der Waals surface area contributed by atoms with Crippen LogP contribution in [0.5, 0.6) is 0 Å². The average Bonchev–Trinajstić information content (AvgIpc) is 2.80. The zero-order valence-corrected chi connectivity index (χ0v) is 23.3. The van der Waals surface area contributed by atoms with Crippen molar-refractivity contribution < 1.29 is 23.9 Å². The first kappa shape index (κ1) is 35.2. The highest BCUT2D eigenvalue weighted by molar-refractivity contribution is 5.78. The molecular formula is C27H53N3O5. The van der Waals surface area contributed by atoms with Gasteiger partial charge in [0.1, 0.15) is 5.78 Å². The molecule has 3 amide bonds. The van der Waals surface area contributed by atoms with Crippen LogP contribution in [0.4, 0.5) is 0 Å². The van der Waals surface area contributed by atoms with E-state index in [0.29, 0.717) is 38.5 Å². The quantitative estimate of drug-likeness (QED) is 0.218. The Balaban J connectivity index is 0. The molecule has 0 aliphatic rings. The van der Waals surface area contributed by atoms with Gasteiger partial charge < -0.3 is 20.7 Å². The maximum atomic E-state index is 11.3. The van der Waals surface area contributed by atoms with Crippen molar-refractivity contribution in [1.29, 1.82) is 0 Å². The van der Waals surface area contributed by atoms with Gasteiger partial charge in [-0.25, -0.2) is 0 Å². The largest absolute Gasteiger partial charge is 0.378 e. The molecule has 0 aliphatic carbocycles. The lowest BCUT2D eigenvalue weighted by molar-refractivity contribution is -0.124. The second-order valence-corrected chi connectivity index (χ2v) is 9.41. The van der Waals surface area contributed by atoms with Crippen LogP contribution in [-0.4, -0.2) is 56.4 Å². The second-order valence-electron chi connectivity index (χ2n) is 9.41. The van der Waals surface area contributed by atoms with Crippen molar-refractivity contribution in [3.63, 3.8) is 0 Å². The minimum Gasteiger partial charge on any atom is -0.378 e. The van der Waals surface area contributed by atoms with Crippen LogP contribution in [0.25, 0.3) is 0 Å². The summed E-state index contributed by atoms with van der Waals surface area (Å²) in [6.07, 6.45) is 9.37. The number of unbranched alkanes of at least 4 members (excludes halogenated alkanes) is 4. The van der Waals surface area contributed by atoms with Crippen LogP contribution in [-0.2, 0) is 23.9 Å². The number of hydrogen-bond donors (Lipinski definition) is 3. The van der Waals surface area contributed by atoms with E-state index in [2.05, 4.69) is 16.0 Å². The van der Waals surface area contributed by atoms with E-state index in [1.807, 2.05) is 41.5 Å². The molecule has 0 fully saturated rings. The summed E-state index contributed by atoms with van der Waals surface area (Å²) in [5.41, 5.74) is 0. The molecule has 0 aromatic carbocycles. The Bertz CT molecular complexity index is 565. The SMILES string of the molecule is CCCC(=O)CCCCCCCNC(=O)C(C)C.CCCC(=O)NCCOCCNC(=O)C(C)C. The maximum absolute atomic E-state index is 11.3. The summed E-state index contributed by atoms with van der Waals surface area (Å²) in [5.74, 6) is 0.717. The van der Waals surface area contributed by atoms with Crippen LogP contribution >= 0.6 is 0 Å². The molecule has 0 rings (SSSR count). The van der Waals surface area contributed by atoms with E-state index in [-0.39, 0.29) is 29.6 Å². The van der Waals surface area contributed by atoms with Crippen molar-refractivity contribution in [3.05, 3.63) is 0 Å². The maximum Gasteiger partial charge on any atom is 0.222 e. The van der Waals surface area contributed by atoms with Gasteiger partial charge in [0, 0.05) is 50.7 Å². The molecule has 0 aromatic rings. The number of ether oxygens (including phenoxy) is 1. The number of carbonyl (C=O) groups excluding carboxylic acids is 4. The number of ketones is 1. The fraction of sp³-hybridized carbons (Fsp3) is 0.852. The molecule has 0 unspecified atom stereocenters. The molecule has 0 aromatic heterocycles. The van der Waals surface area contributed by atoms with Crippen molar-refractivity contribution in [3.8, 4) is 0 Å². The van der Waals surface area contributed by atoms with Crippen LogP contribution in [0.1, 0.15) is 106 Å². The molecule has 8 nitrogen and oxygen atoms in total. The standard InChI is InChI=1S/C15H29NO2.C12H24N2O3/c1-4-10-14(17)11-8-6-5-7-9-12-16-15(18)13(2)3;1-4-5-11(15)13-6-8-17-9-7-14-12(16)10(2)3/h13H,4-12H2,1-3H3,(H,16,18);10H,4-9H2,1-3H3,(H,13,15)(H,14,16). The van der Waals surface area contributed by atoms with Gasteiger partial charge in [-0.15, -0.1) is 0 Å². The molecular weight excluding hydrogens is 446 g/mol. The highest BCUT2D eigenvalue weighted by atomic mass is 16.5. The van der Waals surface area contributed by atoms with Gasteiger partial charge in [0.2, 0.25) is 17.7 Å². The van der Waals surface area contributed by atoms with Gasteiger partial charge in [0.05, 0.1) is 13.2 Å². The number of rotatable bonds is 20. The molecule has 0 aliphatic heterocycles. The molecule has 8 heteroatoms. The van der Waals surface area contributed by atoms with Crippen LogP contribution in [0.2, 0.25) is 0 Å². The number of amides is 3. The van der Waals surface area contributed by atoms with Gasteiger partial charge in [-0.3, -0.25) is 19.2 Å². The third-order valence-corrected chi connectivity index (χ3v) is 5.10. The van der Waals surface area contributed by atoms with Crippen molar-refractivity contribution in [2.24, 2.45) is 11.8 Å². The predicted octanol–water partition coefficient (Wildman–Crippen LogP) is 4.16. The van der Waals surface area contributed by atoms with Crippen molar-refractivity contribution in [2.75, 3.05) is 32.8 Å². The van der Waals surface area contributed by atoms with E-state index in [1.165, 1.54) is 0 Å². The predicted molar refractivity (Wildman–Crippen MR) is 142 cm³/mol. The van der Waals surface area contributed by atoms with Crippen LogP contribution < -0.4 is 16.0 Å². The molecule has 35 heavy (non-hydrogen) atoms. The van der Waals surface area contributed by atoms with E-state index in [4.69, 9.17) is 4.74 Å². The third kappa shape index (κ3) is 26.5. The minimum atomic E-state index is 0.00309. The zero-order chi connectivity index (χ0) is 26.9. The molecule has 0 bridgehead atoms. The summed E-state index contributed by atoms with van der Waals surface area (Å²) in [7, 11) is 0. The third-order valence-electron chi connectivity index (χ3n) is 5.10. The zero-order valence-electron chi connectivity index (χ0n) is 23.3. The van der Waals surface area contributed by atoms with E-state index in [0.717, 1.165) is 64.3 Å². The second kappa shape index (κ2) is 25.1. The lowest BCUT2D eigenvalue weighted by Gasteiger charge is -2.08. The smallest absolute Gasteiger partial charge is 0.222 e. The van der Waals surface area contributed by atoms with E-state index < -0.39 is 0 Å². The highest BCUT2D eigenvalue weighted by Gasteiger charge is 2.05. The first-order valence-electron chi connectivity index (χ1n) is 13.6. The molecule has 0 heterocycles. The number of nitrogens with one attached hydrogen (secondary N) is 3. The van der Waals surface area contributed by atoms with Gasteiger partial charge in [0.15, 0.2) is 0 Å². The molecule has 0 radical (unpaired) electrons. The molecule has 206 valence electrons. The lowest BCUT2D eigenvalue weighted by Crippen LogP contribution is -2.32. The van der Waals surface area contributed by atoms with Gasteiger partial charge in [0.25, 0.3) is 0 Å². The summed E-state index contributed by atoms with van der Waals surface area (Å²) < 4.78 is 5.26. The minimum absolute atomic E-state index is 0.00309. The van der Waals surface area contributed by atoms with Crippen LogP contribution in [0.3, 0.4) is 0 Å². The van der Waals surface area contributed by atoms with Gasteiger partial charge in [-0.05, 0) is 25.7 Å². The first-order chi connectivity index (χ1) is 16.6. The van der Waals surface area contributed by atoms with Crippen LogP contribution in [0.15, 0.2) is 0 Å². The molecule has 3 N–H and O–H groups in total. The number of carbonyl (C=O) groups is 4. The summed E-state index contributed by atoms with van der Waals surface area (Å²) in [5, 5.41) is 8.42. The van der Waals surface area contributed by atoms with Gasteiger partial charge >= 0.3 is 0 Å². The summed E-state index contributed by atoms with van der Waals surface area (Å²) in [4.78, 5) is 44.8. The Morgan fingerprint density at radius 2 is 1.09 bits per heavy atom. The van der Waals surface area contributed by atoms with Crippen molar-refractivity contribution in [1.82, 2.24) is 16.0 Å². The fourth-order valence-electron chi connectivity index (χ4n) is 2.93. The summed E-state index contributed by atoms with van der Waals surface area (Å²) >= 11 is 0. The average molecular weight is 500 g/mol. The fourth-order valence-corrected chi connectivity index (χ4v) is 2.93. The highest BCUT2D eigenvalue weighted by Crippen LogP contribution is 2.07. The molecule has 0 saturated carbocycles. The Morgan fingerprint density at radius 3 is 1.63 bits per heavy atom. The summed E-state index contributed by atoms with van der Waals surface area (Å²) in [6, 6.07) is 0. The Labute approximate surface area is 214 Å². The number of hydrogen-bond acceptors (Lipinski definition) is 5. The van der Waals surface area contributed by atoms with E-state index >= 15 is 0 Å². The van der Waals surface area contributed by atoms with Gasteiger partial charge in [-0.2, -0.15) is 0 Å². The Kier molecular flexibility index (Phi) is 25.3. The summed E-state index contributed by atoms with van der Waals surface area (Å²) in [6.45, 7) is 14.3. The van der Waals surface area contributed by atoms with E-state index in [9.17, 15) is 19.2 Å². The monoisotopic (exact) mass is 499 g/mol.